The van der Waals surface area contributed by atoms with Gasteiger partial charge in [0.15, 0.2) is 0 Å². The van der Waals surface area contributed by atoms with E-state index in [1.165, 1.54) is 12.3 Å². The molecule has 0 radical (unpaired) electrons. The van der Waals surface area contributed by atoms with Crippen LogP contribution in [0.1, 0.15) is 156 Å². The van der Waals surface area contributed by atoms with E-state index in [2.05, 4.69) is 0 Å². The second-order valence-corrected chi connectivity index (χ2v) is 19.9. The zero-order chi connectivity index (χ0) is 59.5. The molecule has 6 aromatic carbocycles. The van der Waals surface area contributed by atoms with E-state index < -0.39 is 66.6 Å². The minimum atomic E-state index is -3.16. The number of para-hydroxylation sites is 1. The van der Waals surface area contributed by atoms with Gasteiger partial charge in [-0.1, -0.05) is 169 Å². The summed E-state index contributed by atoms with van der Waals surface area (Å²) < 4.78 is 133. The van der Waals surface area contributed by atoms with E-state index in [9.17, 15) is 5.11 Å². The van der Waals surface area contributed by atoms with Gasteiger partial charge in [-0.2, -0.15) is 0 Å². The minimum absolute atomic E-state index is 0.00535. The number of aromatic hydroxyl groups is 1. The molecule has 2 heterocycles. The molecule has 0 aliphatic rings. The number of aryl methyl sites for hydroxylation is 1. The van der Waals surface area contributed by atoms with Crippen molar-refractivity contribution in [2.75, 3.05) is 0 Å². The van der Waals surface area contributed by atoms with Gasteiger partial charge in [-0.15, -0.1) is 0 Å². The third-order valence-corrected chi connectivity index (χ3v) is 12.2. The molecular formula is C61H67N3O. The van der Waals surface area contributed by atoms with Crippen LogP contribution in [-0.2, 0) is 16.2 Å². The fraction of sp³-hybridized carbons (Fsp3) is 0.311. The van der Waals surface area contributed by atoms with Gasteiger partial charge in [0.1, 0.15) is 11.6 Å². The standard InChI is InChI=1S/C61H67N3O/c1-37(2)43-28-44(38(3)4)30-45(29-43)41-23-24-54(39(5)27-41)64-55-22-18-21-50(56(55)63-58(64)51-35-49(60(9,10)11)36-52(57(51)65)61(12,13)14)46-31-47(33-48(32-46)59(6,7)8)53-34-42(25-26-62-53)40-19-16-15-17-20-40/h15-38,65H,1-14H3/i5D3,12D3,13D3,15D,16D,17D,19D,20D,37D. The molecule has 0 fully saturated rings. The van der Waals surface area contributed by atoms with Crippen LogP contribution in [0, 0.1) is 6.85 Å². The summed E-state index contributed by atoms with van der Waals surface area (Å²) in [5.74, 6) is -1.55. The van der Waals surface area contributed by atoms with Crippen molar-refractivity contribution in [2.24, 2.45) is 0 Å². The zero-order valence-electron chi connectivity index (χ0n) is 54.2. The summed E-state index contributed by atoms with van der Waals surface area (Å²) in [6.45, 7) is 11.4. The Labute approximate surface area is 409 Å². The molecule has 0 unspecified atom stereocenters. The van der Waals surface area contributed by atoms with Crippen molar-refractivity contribution in [2.45, 2.75) is 125 Å². The smallest absolute Gasteiger partial charge is 0.149 e. The Kier molecular flexibility index (Phi) is 7.83. The first-order chi connectivity index (χ1) is 36.7. The van der Waals surface area contributed by atoms with Crippen LogP contribution in [0.4, 0.5) is 0 Å². The molecule has 2 aromatic heterocycles. The molecule has 8 aromatic rings. The van der Waals surface area contributed by atoms with E-state index in [0.29, 0.717) is 55.7 Å². The van der Waals surface area contributed by atoms with Crippen molar-refractivity contribution in [3.05, 3.63) is 167 Å². The van der Waals surface area contributed by atoms with Gasteiger partial charge < -0.3 is 5.11 Å². The van der Waals surface area contributed by atoms with Crippen LogP contribution in [0.25, 0.3) is 72.7 Å². The molecule has 0 spiro atoms. The van der Waals surface area contributed by atoms with Gasteiger partial charge in [0.05, 0.1) is 34.8 Å². The highest BCUT2D eigenvalue weighted by Crippen LogP contribution is 2.45. The molecule has 332 valence electrons. The lowest BCUT2D eigenvalue weighted by molar-refractivity contribution is 0.446. The molecule has 0 atom stereocenters. The molecule has 8 rings (SSSR count). The van der Waals surface area contributed by atoms with E-state index in [-0.39, 0.29) is 51.8 Å². The van der Waals surface area contributed by atoms with Gasteiger partial charge in [0.25, 0.3) is 0 Å². The molecule has 0 aliphatic heterocycles. The number of nitrogens with zero attached hydrogens (tertiary/aromatic N) is 3. The van der Waals surface area contributed by atoms with Crippen LogP contribution in [0.15, 0.2) is 133 Å². The normalized spacial score (nSPS) is 16.6. The van der Waals surface area contributed by atoms with Crippen LogP contribution >= 0.6 is 0 Å². The second-order valence-electron chi connectivity index (χ2n) is 19.9. The molecular weight excluding hydrogens is 791 g/mol. The fourth-order valence-corrected chi connectivity index (χ4v) is 8.23. The topological polar surface area (TPSA) is 50.9 Å². The van der Waals surface area contributed by atoms with Crippen molar-refractivity contribution >= 4 is 11.0 Å². The number of phenolic OH excluding ortho intramolecular Hbond substituents is 1. The maximum absolute atomic E-state index is 12.8. The summed E-state index contributed by atoms with van der Waals surface area (Å²) >= 11 is 0. The number of pyridine rings is 1. The summed E-state index contributed by atoms with van der Waals surface area (Å²) in [6.07, 6.45) is 1.52. The molecule has 4 nitrogen and oxygen atoms in total. The fourth-order valence-electron chi connectivity index (χ4n) is 8.23. The van der Waals surface area contributed by atoms with Crippen LogP contribution in [0.3, 0.4) is 0 Å². The maximum atomic E-state index is 12.8. The Hall–Kier alpha value is -6.26. The average molecular weight is 873 g/mol. The SMILES string of the molecule is [2H]c1c([2H])c([2H])c(-c2ccnc(-c3cc(-c4cccc5c4nc(-c4cc(C(C)(C)C)cc(C(C)(C([2H])([2H])[2H])C([2H])([2H])[2H])c4O)n5-c4ccc(-c5cc(C(C)C)cc(C([2H])(C)C)c5)cc4C([2H])([2H])[2H])cc(C(C)(C)C)c3)c2)c([2H])c1[2H]. The molecule has 65 heavy (non-hydrogen) atoms. The summed E-state index contributed by atoms with van der Waals surface area (Å²) in [5.41, 5.74) is 3.50. The largest absolute Gasteiger partial charge is 0.507 e. The molecule has 0 saturated carbocycles. The van der Waals surface area contributed by atoms with E-state index in [1.807, 2.05) is 97.9 Å². The predicted octanol–water partition coefficient (Wildman–Crippen LogP) is 16.9. The highest BCUT2D eigenvalue weighted by atomic mass is 16.3. The Morgan fingerprint density at radius 2 is 1.32 bits per heavy atom. The average Bonchev–Trinajstić information content (AvgIpc) is 3.78. The van der Waals surface area contributed by atoms with Crippen molar-refractivity contribution in [1.29, 1.82) is 0 Å². The second kappa shape index (κ2) is 16.9. The van der Waals surface area contributed by atoms with Gasteiger partial charge in [-0.3, -0.25) is 9.55 Å². The summed E-state index contributed by atoms with van der Waals surface area (Å²) in [6, 6.07) is 26.4. The Morgan fingerprint density at radius 3 is 2.00 bits per heavy atom. The lowest BCUT2D eigenvalue weighted by Crippen LogP contribution is -2.17. The van der Waals surface area contributed by atoms with E-state index in [1.54, 1.807) is 66.9 Å². The van der Waals surface area contributed by atoms with Gasteiger partial charge >= 0.3 is 0 Å². The first kappa shape index (κ1) is 30.0. The molecule has 4 heteroatoms. The van der Waals surface area contributed by atoms with E-state index in [4.69, 9.17) is 30.5 Å². The first-order valence-electron chi connectivity index (χ1n) is 29.6. The third-order valence-electron chi connectivity index (χ3n) is 12.2. The van der Waals surface area contributed by atoms with Crippen molar-refractivity contribution in [3.63, 3.8) is 0 Å². The monoisotopic (exact) mass is 873 g/mol. The number of imidazole rings is 1. The molecule has 1 N–H and O–H groups in total. The Balaban J connectivity index is 1.50. The zero-order valence-corrected chi connectivity index (χ0v) is 39.2. The van der Waals surface area contributed by atoms with Crippen LogP contribution < -0.4 is 0 Å². The molecule has 0 amide bonds. The molecule has 0 aliphatic carbocycles. The van der Waals surface area contributed by atoms with E-state index >= 15 is 0 Å². The van der Waals surface area contributed by atoms with Crippen LogP contribution in [-0.4, -0.2) is 19.6 Å². The Morgan fingerprint density at radius 1 is 0.631 bits per heavy atom. The number of aromatic nitrogens is 3. The molecule has 0 bridgehead atoms. The van der Waals surface area contributed by atoms with Crippen molar-refractivity contribution < 1.29 is 25.7 Å². The van der Waals surface area contributed by atoms with Crippen LogP contribution in [0.2, 0.25) is 0 Å². The lowest BCUT2D eigenvalue weighted by atomic mass is 9.79. The lowest BCUT2D eigenvalue weighted by Gasteiger charge is -2.27. The first-order valence-corrected chi connectivity index (χ1v) is 22.1. The third kappa shape index (κ3) is 9.06. The number of phenols is 1. The van der Waals surface area contributed by atoms with Gasteiger partial charge in [0, 0.05) is 36.6 Å². The highest BCUT2D eigenvalue weighted by molar-refractivity contribution is 5.97. The molecule has 0 saturated heterocycles. The number of rotatable bonds is 8. The van der Waals surface area contributed by atoms with Gasteiger partial charge in [-0.25, -0.2) is 4.98 Å². The van der Waals surface area contributed by atoms with Crippen molar-refractivity contribution in [3.8, 4) is 67.5 Å². The van der Waals surface area contributed by atoms with E-state index in [0.717, 1.165) is 23.6 Å². The summed E-state index contributed by atoms with van der Waals surface area (Å²) in [5, 5.41) is 12.8. The number of hydrogen-bond acceptors (Lipinski definition) is 3. The van der Waals surface area contributed by atoms with Crippen LogP contribution in [0.5, 0.6) is 5.75 Å². The predicted molar refractivity (Wildman–Crippen MR) is 277 cm³/mol. The Bertz CT molecular complexity index is 3710. The number of hydrogen-bond donors (Lipinski definition) is 1. The van der Waals surface area contributed by atoms with Gasteiger partial charge in [0.2, 0.25) is 0 Å². The van der Waals surface area contributed by atoms with Gasteiger partial charge in [-0.05, 0) is 139 Å². The van der Waals surface area contributed by atoms with Crippen molar-refractivity contribution in [1.82, 2.24) is 14.5 Å². The minimum Gasteiger partial charge on any atom is -0.507 e. The summed E-state index contributed by atoms with van der Waals surface area (Å²) in [7, 11) is 0. The quantitative estimate of drug-likeness (QED) is 0.165. The number of benzene rings is 6. The maximum Gasteiger partial charge on any atom is 0.149 e. The number of fused-ring (bicyclic) bond motifs is 1. The highest BCUT2D eigenvalue weighted by Gasteiger charge is 2.29. The summed E-state index contributed by atoms with van der Waals surface area (Å²) in [4.78, 5) is 10.1.